The Morgan fingerprint density at radius 3 is 2.12 bits per heavy atom. The molecule has 1 aliphatic rings. The highest BCUT2D eigenvalue weighted by molar-refractivity contribution is 5.62. The van der Waals surface area contributed by atoms with E-state index in [1.165, 1.54) is 39.5 Å². The summed E-state index contributed by atoms with van der Waals surface area (Å²) in [6.45, 7) is -1.18. The molecule has 1 fully saturated rings. The molecule has 0 aromatic heterocycles. The first-order valence-electron chi connectivity index (χ1n) is 12.4. The number of methoxy groups -OCH3 is 3. The first-order chi connectivity index (χ1) is 19.2. The number of aromatic hydroxyl groups is 1. The van der Waals surface area contributed by atoms with Gasteiger partial charge in [-0.2, -0.15) is 0 Å². The molecule has 0 saturated carbocycles. The van der Waals surface area contributed by atoms with Crippen molar-refractivity contribution in [2.45, 2.75) is 42.9 Å². The van der Waals surface area contributed by atoms with Crippen LogP contribution < -0.4 is 18.9 Å². The summed E-state index contributed by atoms with van der Waals surface area (Å²) in [6.07, 6.45) is -6.07. The maximum absolute atomic E-state index is 10.9. The number of ether oxygens (including phenoxy) is 6. The van der Waals surface area contributed by atoms with E-state index < -0.39 is 56.1 Å². The quantitative estimate of drug-likeness (QED) is 0.167. The number of aliphatic hydroxyl groups excluding tert-OH is 6. The van der Waals surface area contributed by atoms with E-state index in [-0.39, 0.29) is 35.4 Å². The lowest BCUT2D eigenvalue weighted by Crippen LogP contribution is -2.59. The van der Waals surface area contributed by atoms with E-state index in [1.54, 1.807) is 24.3 Å². The minimum absolute atomic E-state index is 0.0551. The summed E-state index contributed by atoms with van der Waals surface area (Å²) < 4.78 is 32.7. The van der Waals surface area contributed by atoms with Crippen LogP contribution in [-0.4, -0.2) is 114 Å². The van der Waals surface area contributed by atoms with Crippen LogP contribution in [0, 0.1) is 0 Å². The van der Waals surface area contributed by atoms with Gasteiger partial charge in [0, 0.05) is 0 Å². The average Bonchev–Trinajstić information content (AvgIpc) is 2.97. The molecule has 13 nitrogen and oxygen atoms in total. The van der Waals surface area contributed by atoms with Crippen molar-refractivity contribution in [2.24, 2.45) is 0 Å². The topological polar surface area (TPSA) is 197 Å². The monoisotopic (exact) mass is 568 g/mol. The van der Waals surface area contributed by atoms with Gasteiger partial charge < -0.3 is 64.2 Å². The van der Waals surface area contributed by atoms with Crippen molar-refractivity contribution in [1.82, 2.24) is 0 Å². The highest BCUT2D eigenvalue weighted by Crippen LogP contribution is 2.41. The van der Waals surface area contributed by atoms with E-state index in [2.05, 4.69) is 0 Å². The molecule has 1 saturated heterocycles. The second-order valence-electron chi connectivity index (χ2n) is 8.90. The molecule has 0 spiro atoms. The smallest absolute Gasteiger partial charge is 0.204 e. The lowest BCUT2D eigenvalue weighted by atomic mass is 9.99. The Bertz CT molecular complexity index is 1100. The molecule has 0 unspecified atom stereocenters. The molecule has 3 rings (SSSR count). The SMILES string of the molecule is COc1cc([C@H](O)[C@@H](CO)Oc2c(OC)cc(C=CCO[C@@H]3O[C@H](CO)[C@@H](O)[C@H](O)[C@H]3O)cc2OC)ccc1O. The van der Waals surface area contributed by atoms with Crippen molar-refractivity contribution >= 4 is 6.08 Å². The lowest BCUT2D eigenvalue weighted by molar-refractivity contribution is -0.298. The van der Waals surface area contributed by atoms with Crippen LogP contribution in [0.15, 0.2) is 36.4 Å². The Hall–Kier alpha value is -3.14. The Labute approximate surface area is 231 Å². The van der Waals surface area contributed by atoms with E-state index in [9.17, 15) is 35.7 Å². The maximum Gasteiger partial charge on any atom is 0.204 e. The molecule has 13 heteroatoms. The molecule has 7 atom stereocenters. The highest BCUT2D eigenvalue weighted by Gasteiger charge is 2.43. The van der Waals surface area contributed by atoms with Gasteiger partial charge in [-0.3, -0.25) is 0 Å². The van der Waals surface area contributed by atoms with Gasteiger partial charge in [0.25, 0.3) is 0 Å². The van der Waals surface area contributed by atoms with Crippen LogP contribution in [0.1, 0.15) is 17.2 Å². The normalized spacial score (nSPS) is 24.5. The van der Waals surface area contributed by atoms with Crippen molar-refractivity contribution in [3.63, 3.8) is 0 Å². The first kappa shape index (κ1) is 31.4. The van der Waals surface area contributed by atoms with Crippen LogP contribution in [0.3, 0.4) is 0 Å². The summed E-state index contributed by atoms with van der Waals surface area (Å²) in [4.78, 5) is 0. The van der Waals surface area contributed by atoms with Gasteiger partial charge >= 0.3 is 0 Å². The molecule has 1 aliphatic heterocycles. The second-order valence-corrected chi connectivity index (χ2v) is 8.90. The fourth-order valence-electron chi connectivity index (χ4n) is 4.10. The first-order valence-corrected chi connectivity index (χ1v) is 12.4. The van der Waals surface area contributed by atoms with Crippen LogP contribution in [0.4, 0.5) is 0 Å². The standard InChI is InChI=1S/C27H36O13/c1-35-17-11-15(6-7-16(17)30)22(31)20(12-28)39-26-18(36-2)9-14(10-19(26)37-3)5-4-8-38-27-25(34)24(33)23(32)21(13-29)40-27/h4-7,9-11,20-25,27-34H,8,12-13H2,1-3H3/t20-,21-,22+,23-,24+,25-,27-/m1/s1. The number of hydrogen-bond donors (Lipinski definition) is 7. The third-order valence-electron chi connectivity index (χ3n) is 6.35. The lowest BCUT2D eigenvalue weighted by Gasteiger charge is -2.39. The van der Waals surface area contributed by atoms with Gasteiger partial charge in [0.15, 0.2) is 35.4 Å². The van der Waals surface area contributed by atoms with Gasteiger partial charge in [-0.25, -0.2) is 0 Å². The second kappa shape index (κ2) is 14.5. The number of hydrogen-bond acceptors (Lipinski definition) is 13. The minimum atomic E-state index is -1.54. The third-order valence-corrected chi connectivity index (χ3v) is 6.35. The third kappa shape index (κ3) is 7.13. The molecule has 0 amide bonds. The predicted octanol–water partition coefficient (Wildman–Crippen LogP) is -0.279. The van der Waals surface area contributed by atoms with Crippen molar-refractivity contribution in [2.75, 3.05) is 41.2 Å². The number of phenols is 1. The fourth-order valence-corrected chi connectivity index (χ4v) is 4.10. The van der Waals surface area contributed by atoms with E-state index >= 15 is 0 Å². The van der Waals surface area contributed by atoms with Crippen LogP contribution in [0.25, 0.3) is 6.08 Å². The molecule has 40 heavy (non-hydrogen) atoms. The van der Waals surface area contributed by atoms with Crippen LogP contribution >= 0.6 is 0 Å². The molecule has 0 bridgehead atoms. The zero-order valence-corrected chi connectivity index (χ0v) is 22.3. The van der Waals surface area contributed by atoms with E-state index in [0.29, 0.717) is 11.1 Å². The van der Waals surface area contributed by atoms with Gasteiger partial charge in [-0.05, 0) is 35.4 Å². The Morgan fingerprint density at radius 1 is 0.900 bits per heavy atom. The zero-order valence-electron chi connectivity index (χ0n) is 22.3. The van der Waals surface area contributed by atoms with E-state index in [4.69, 9.17) is 28.4 Å². The van der Waals surface area contributed by atoms with E-state index in [1.807, 2.05) is 0 Å². The predicted molar refractivity (Wildman–Crippen MR) is 139 cm³/mol. The Morgan fingerprint density at radius 2 is 1.55 bits per heavy atom. The van der Waals surface area contributed by atoms with Crippen molar-refractivity contribution < 1.29 is 64.2 Å². The summed E-state index contributed by atoms with van der Waals surface area (Å²) in [5.74, 6) is 0.648. The van der Waals surface area contributed by atoms with Gasteiger partial charge in [-0.1, -0.05) is 18.2 Å². The molecule has 2 aromatic carbocycles. The molecule has 222 valence electrons. The van der Waals surface area contributed by atoms with E-state index in [0.717, 1.165) is 0 Å². The highest BCUT2D eigenvalue weighted by atomic mass is 16.7. The van der Waals surface area contributed by atoms with Crippen molar-refractivity contribution in [1.29, 1.82) is 0 Å². The summed E-state index contributed by atoms with van der Waals surface area (Å²) in [6, 6.07) is 7.50. The molecule has 1 heterocycles. The van der Waals surface area contributed by atoms with Crippen LogP contribution in [-0.2, 0) is 9.47 Å². The average molecular weight is 569 g/mol. The fraction of sp³-hybridized carbons (Fsp3) is 0.481. The molecule has 0 radical (unpaired) electrons. The Balaban J connectivity index is 1.73. The molecule has 7 N–H and O–H groups in total. The number of aliphatic hydroxyl groups is 6. The Kier molecular flexibility index (Phi) is 11.4. The van der Waals surface area contributed by atoms with Crippen LogP contribution in [0.5, 0.6) is 28.7 Å². The van der Waals surface area contributed by atoms with Crippen molar-refractivity contribution in [3.8, 4) is 28.7 Å². The van der Waals surface area contributed by atoms with Crippen LogP contribution in [0.2, 0.25) is 0 Å². The summed E-state index contributed by atoms with van der Waals surface area (Å²) in [5.41, 5.74) is 0.938. The largest absolute Gasteiger partial charge is 0.504 e. The summed E-state index contributed by atoms with van der Waals surface area (Å²) in [7, 11) is 4.19. The number of rotatable bonds is 13. The summed E-state index contributed by atoms with van der Waals surface area (Å²) in [5, 5.41) is 69.8. The maximum atomic E-state index is 10.9. The number of phenolic OH excluding ortho intramolecular Hbond substituents is 1. The molecule has 2 aromatic rings. The summed E-state index contributed by atoms with van der Waals surface area (Å²) >= 11 is 0. The molecular formula is C27H36O13. The van der Waals surface area contributed by atoms with Gasteiger partial charge in [0.05, 0.1) is 41.2 Å². The zero-order chi connectivity index (χ0) is 29.4. The minimum Gasteiger partial charge on any atom is -0.504 e. The van der Waals surface area contributed by atoms with Gasteiger partial charge in [0.2, 0.25) is 5.75 Å². The van der Waals surface area contributed by atoms with Crippen molar-refractivity contribution in [3.05, 3.63) is 47.5 Å². The molecular weight excluding hydrogens is 532 g/mol. The molecule has 0 aliphatic carbocycles. The van der Waals surface area contributed by atoms with Gasteiger partial charge in [-0.15, -0.1) is 0 Å². The van der Waals surface area contributed by atoms with Gasteiger partial charge in [0.1, 0.15) is 30.5 Å². The number of benzene rings is 2.